The van der Waals surface area contributed by atoms with Crippen molar-refractivity contribution in [1.82, 2.24) is 15.5 Å². The fourth-order valence-electron chi connectivity index (χ4n) is 3.49. The SMILES string of the molecule is CCc1noc(CN2C(=O)C3(CCNC3)c3ccccc32)n1. The Labute approximate surface area is 128 Å². The van der Waals surface area contributed by atoms with Gasteiger partial charge in [0.15, 0.2) is 5.82 Å². The van der Waals surface area contributed by atoms with Crippen LogP contribution in [-0.4, -0.2) is 29.1 Å². The maximum Gasteiger partial charge on any atom is 0.246 e. The fourth-order valence-corrected chi connectivity index (χ4v) is 3.49. The lowest BCUT2D eigenvalue weighted by molar-refractivity contribution is -0.122. The first-order valence-electron chi connectivity index (χ1n) is 7.68. The molecule has 1 atom stereocenters. The van der Waals surface area contributed by atoms with Crippen molar-refractivity contribution in [3.05, 3.63) is 41.5 Å². The van der Waals surface area contributed by atoms with E-state index < -0.39 is 5.41 Å². The van der Waals surface area contributed by atoms with E-state index >= 15 is 0 Å². The molecule has 3 heterocycles. The van der Waals surface area contributed by atoms with Gasteiger partial charge in [0.1, 0.15) is 6.54 Å². The maximum absolute atomic E-state index is 13.1. The van der Waals surface area contributed by atoms with Crippen molar-refractivity contribution < 1.29 is 9.32 Å². The van der Waals surface area contributed by atoms with Crippen LogP contribution in [0.5, 0.6) is 0 Å². The molecular formula is C16H18N4O2. The molecule has 22 heavy (non-hydrogen) atoms. The normalized spacial score (nSPS) is 23.5. The van der Waals surface area contributed by atoms with Crippen LogP contribution in [0.4, 0.5) is 5.69 Å². The number of hydrogen-bond acceptors (Lipinski definition) is 5. The number of benzene rings is 1. The van der Waals surface area contributed by atoms with Gasteiger partial charge in [-0.15, -0.1) is 0 Å². The van der Waals surface area contributed by atoms with Crippen LogP contribution in [0.1, 0.15) is 30.6 Å². The number of nitrogens with one attached hydrogen (secondary N) is 1. The maximum atomic E-state index is 13.1. The summed E-state index contributed by atoms with van der Waals surface area (Å²) >= 11 is 0. The van der Waals surface area contributed by atoms with Crippen LogP contribution in [0.3, 0.4) is 0 Å². The van der Waals surface area contributed by atoms with Gasteiger partial charge >= 0.3 is 0 Å². The molecule has 0 bridgehead atoms. The van der Waals surface area contributed by atoms with Gasteiger partial charge < -0.3 is 14.7 Å². The van der Waals surface area contributed by atoms with Crippen molar-refractivity contribution in [1.29, 1.82) is 0 Å². The van der Waals surface area contributed by atoms with Gasteiger partial charge in [-0.2, -0.15) is 4.98 Å². The summed E-state index contributed by atoms with van der Waals surface area (Å²) in [6.07, 6.45) is 1.56. The molecule has 0 radical (unpaired) electrons. The molecule has 1 amide bonds. The summed E-state index contributed by atoms with van der Waals surface area (Å²) in [5.41, 5.74) is 1.65. The van der Waals surface area contributed by atoms with Gasteiger partial charge in [0.2, 0.25) is 11.8 Å². The van der Waals surface area contributed by atoms with E-state index in [0.29, 0.717) is 24.8 Å². The minimum absolute atomic E-state index is 0.134. The molecule has 1 unspecified atom stereocenters. The lowest BCUT2D eigenvalue weighted by Crippen LogP contribution is -2.41. The molecule has 1 fully saturated rings. The van der Waals surface area contributed by atoms with Gasteiger partial charge in [-0.3, -0.25) is 4.79 Å². The number of para-hydroxylation sites is 1. The van der Waals surface area contributed by atoms with E-state index in [1.165, 1.54) is 0 Å². The Balaban J connectivity index is 1.72. The topological polar surface area (TPSA) is 71.3 Å². The van der Waals surface area contributed by atoms with E-state index in [2.05, 4.69) is 21.5 Å². The summed E-state index contributed by atoms with van der Waals surface area (Å²) in [4.78, 5) is 19.2. The van der Waals surface area contributed by atoms with E-state index in [-0.39, 0.29) is 5.91 Å². The van der Waals surface area contributed by atoms with Crippen molar-refractivity contribution in [3.8, 4) is 0 Å². The molecule has 1 aromatic carbocycles. The van der Waals surface area contributed by atoms with E-state index in [1.807, 2.05) is 25.1 Å². The summed E-state index contributed by atoms with van der Waals surface area (Å²) < 4.78 is 5.26. The lowest BCUT2D eigenvalue weighted by Gasteiger charge is -2.21. The molecule has 0 aliphatic carbocycles. The molecule has 1 N–H and O–H groups in total. The van der Waals surface area contributed by atoms with Gasteiger partial charge in [0.25, 0.3) is 0 Å². The Hall–Kier alpha value is -2.21. The largest absolute Gasteiger partial charge is 0.337 e. The van der Waals surface area contributed by atoms with Crippen LogP contribution < -0.4 is 10.2 Å². The second-order valence-electron chi connectivity index (χ2n) is 5.88. The molecule has 6 heteroatoms. The molecule has 2 aromatic rings. The average molecular weight is 298 g/mol. The number of nitrogens with zero attached hydrogens (tertiary/aromatic N) is 3. The zero-order valence-electron chi connectivity index (χ0n) is 12.5. The Bertz CT molecular complexity index is 718. The first-order valence-corrected chi connectivity index (χ1v) is 7.68. The Morgan fingerprint density at radius 1 is 1.41 bits per heavy atom. The number of hydrogen-bond donors (Lipinski definition) is 1. The Morgan fingerprint density at radius 2 is 2.27 bits per heavy atom. The number of fused-ring (bicyclic) bond motifs is 2. The zero-order chi connectivity index (χ0) is 15.2. The van der Waals surface area contributed by atoms with Crippen molar-refractivity contribution >= 4 is 11.6 Å². The van der Waals surface area contributed by atoms with Gasteiger partial charge in [-0.05, 0) is 24.6 Å². The van der Waals surface area contributed by atoms with Crippen LogP contribution in [0.15, 0.2) is 28.8 Å². The predicted octanol–water partition coefficient (Wildman–Crippen LogP) is 1.41. The van der Waals surface area contributed by atoms with Crippen LogP contribution in [0.2, 0.25) is 0 Å². The smallest absolute Gasteiger partial charge is 0.246 e. The van der Waals surface area contributed by atoms with Crippen LogP contribution >= 0.6 is 0 Å². The zero-order valence-corrected chi connectivity index (χ0v) is 12.5. The summed E-state index contributed by atoms with van der Waals surface area (Å²) in [6, 6.07) is 8.02. The standard InChI is InChI=1S/C16H18N4O2/c1-2-13-18-14(22-19-13)9-20-12-6-4-3-5-11(12)16(15(20)21)7-8-17-10-16/h3-6,17H,2,7-10H2,1H3. The number of aromatic nitrogens is 2. The quantitative estimate of drug-likeness (QED) is 0.927. The number of aryl methyl sites for hydroxylation is 1. The number of carbonyl (C=O) groups excluding carboxylic acids is 1. The van der Waals surface area contributed by atoms with Crippen molar-refractivity contribution in [3.63, 3.8) is 0 Å². The summed E-state index contributed by atoms with van der Waals surface area (Å²) in [6.45, 7) is 3.88. The molecule has 4 rings (SSSR count). The summed E-state index contributed by atoms with van der Waals surface area (Å²) in [7, 11) is 0. The third-order valence-electron chi connectivity index (χ3n) is 4.64. The lowest BCUT2D eigenvalue weighted by atomic mass is 9.81. The summed E-state index contributed by atoms with van der Waals surface area (Å²) in [5.74, 6) is 1.30. The Kier molecular flexibility index (Phi) is 3.00. The monoisotopic (exact) mass is 298 g/mol. The van der Waals surface area contributed by atoms with Crippen molar-refractivity contribution in [2.24, 2.45) is 0 Å². The molecule has 2 aliphatic heterocycles. The first kappa shape index (κ1) is 13.5. The number of anilines is 1. The molecule has 114 valence electrons. The first-order chi connectivity index (χ1) is 10.7. The van der Waals surface area contributed by atoms with Crippen molar-refractivity contribution in [2.45, 2.75) is 31.7 Å². The van der Waals surface area contributed by atoms with Crippen molar-refractivity contribution in [2.75, 3.05) is 18.0 Å². The van der Waals surface area contributed by atoms with Crippen LogP contribution in [0, 0.1) is 0 Å². The number of rotatable bonds is 3. The number of carbonyl (C=O) groups is 1. The molecular weight excluding hydrogens is 280 g/mol. The van der Waals surface area contributed by atoms with Gasteiger partial charge in [-0.1, -0.05) is 30.3 Å². The van der Waals surface area contributed by atoms with E-state index in [9.17, 15) is 4.79 Å². The third-order valence-corrected chi connectivity index (χ3v) is 4.64. The molecule has 0 saturated carbocycles. The van der Waals surface area contributed by atoms with E-state index in [1.54, 1.807) is 4.90 Å². The number of amides is 1. The highest BCUT2D eigenvalue weighted by atomic mass is 16.5. The highest BCUT2D eigenvalue weighted by Gasteiger charge is 2.52. The summed E-state index contributed by atoms with van der Waals surface area (Å²) in [5, 5.41) is 7.24. The third kappa shape index (κ3) is 1.80. The van der Waals surface area contributed by atoms with Crippen LogP contribution in [-0.2, 0) is 23.2 Å². The van der Waals surface area contributed by atoms with Gasteiger partial charge in [0, 0.05) is 18.7 Å². The predicted molar refractivity (Wildman–Crippen MR) is 80.5 cm³/mol. The molecule has 1 spiro atoms. The molecule has 1 saturated heterocycles. The second kappa shape index (κ2) is 4.91. The minimum Gasteiger partial charge on any atom is -0.337 e. The van der Waals surface area contributed by atoms with E-state index in [4.69, 9.17) is 4.52 Å². The highest BCUT2D eigenvalue weighted by Crippen LogP contribution is 2.45. The Morgan fingerprint density at radius 3 is 3.00 bits per heavy atom. The van der Waals surface area contributed by atoms with Gasteiger partial charge in [0.05, 0.1) is 5.41 Å². The van der Waals surface area contributed by atoms with E-state index in [0.717, 1.165) is 30.6 Å². The fraction of sp³-hybridized carbons (Fsp3) is 0.438. The highest BCUT2D eigenvalue weighted by molar-refractivity contribution is 6.08. The second-order valence-corrected chi connectivity index (χ2v) is 5.88. The van der Waals surface area contributed by atoms with Gasteiger partial charge in [-0.25, -0.2) is 0 Å². The molecule has 2 aliphatic rings. The van der Waals surface area contributed by atoms with Crippen LogP contribution in [0.25, 0.3) is 0 Å². The molecule has 6 nitrogen and oxygen atoms in total. The molecule has 1 aromatic heterocycles. The average Bonchev–Trinajstić information content (AvgIpc) is 3.25. The minimum atomic E-state index is -0.426.